The number of nitrogens with two attached hydrogens (primary N) is 1. The van der Waals surface area contributed by atoms with Gasteiger partial charge in [0.05, 0.1) is 18.0 Å². The molecule has 0 aromatic carbocycles. The SMILES string of the molecule is Nc1c(C(=O)N(CCO)C2CCCCC2)n[nH]c1C1CC1. The third-order valence-corrected chi connectivity index (χ3v) is 4.64. The van der Waals surface area contributed by atoms with Crippen LogP contribution in [0.15, 0.2) is 0 Å². The molecule has 1 aromatic heterocycles. The van der Waals surface area contributed by atoms with E-state index in [9.17, 15) is 9.90 Å². The quantitative estimate of drug-likeness (QED) is 0.768. The highest BCUT2D eigenvalue weighted by molar-refractivity contribution is 5.98. The zero-order valence-corrected chi connectivity index (χ0v) is 12.3. The molecule has 0 aliphatic heterocycles. The van der Waals surface area contributed by atoms with Gasteiger partial charge in [-0.1, -0.05) is 19.3 Å². The Morgan fingerprint density at radius 1 is 1.29 bits per heavy atom. The number of hydrogen-bond acceptors (Lipinski definition) is 4. The molecule has 4 N–H and O–H groups in total. The average molecular weight is 292 g/mol. The van der Waals surface area contributed by atoms with Gasteiger partial charge in [0.15, 0.2) is 5.69 Å². The maximum absolute atomic E-state index is 12.8. The second-order valence-corrected chi connectivity index (χ2v) is 6.19. The Balaban J connectivity index is 1.79. The van der Waals surface area contributed by atoms with E-state index in [0.29, 0.717) is 23.8 Å². The second kappa shape index (κ2) is 6.05. The number of aliphatic hydroxyl groups excluding tert-OH is 1. The number of nitrogen functional groups attached to an aromatic ring is 1. The molecule has 2 aliphatic rings. The summed E-state index contributed by atoms with van der Waals surface area (Å²) in [5.74, 6) is 0.302. The average Bonchev–Trinajstić information content (AvgIpc) is 3.28. The number of anilines is 1. The van der Waals surface area contributed by atoms with Crippen LogP contribution in [-0.4, -0.2) is 45.3 Å². The molecule has 6 heteroatoms. The van der Waals surface area contributed by atoms with E-state index in [1.54, 1.807) is 4.90 Å². The number of nitrogens with zero attached hydrogens (tertiary/aromatic N) is 2. The molecule has 2 aliphatic carbocycles. The van der Waals surface area contributed by atoms with Crippen molar-refractivity contribution in [1.82, 2.24) is 15.1 Å². The first kappa shape index (κ1) is 14.4. The molecule has 21 heavy (non-hydrogen) atoms. The Kier molecular flexibility index (Phi) is 4.14. The number of carbonyl (C=O) groups is 1. The van der Waals surface area contributed by atoms with E-state index >= 15 is 0 Å². The standard InChI is InChI=1S/C15H24N4O2/c16-12-13(10-6-7-10)17-18-14(12)15(21)19(8-9-20)11-4-2-1-3-5-11/h10-11,20H,1-9,16H2,(H,17,18). The van der Waals surface area contributed by atoms with E-state index in [-0.39, 0.29) is 18.6 Å². The van der Waals surface area contributed by atoms with Gasteiger partial charge < -0.3 is 15.7 Å². The third kappa shape index (κ3) is 2.90. The monoisotopic (exact) mass is 292 g/mol. The molecule has 1 amide bonds. The number of H-pyrrole nitrogens is 1. The van der Waals surface area contributed by atoms with Crippen LogP contribution in [0.5, 0.6) is 0 Å². The van der Waals surface area contributed by atoms with Crippen LogP contribution in [0.2, 0.25) is 0 Å². The summed E-state index contributed by atoms with van der Waals surface area (Å²) in [5.41, 5.74) is 7.84. The van der Waals surface area contributed by atoms with Crippen LogP contribution >= 0.6 is 0 Å². The van der Waals surface area contributed by atoms with Gasteiger partial charge in [-0.25, -0.2) is 0 Å². The van der Waals surface area contributed by atoms with Gasteiger partial charge in [-0.05, 0) is 25.7 Å². The normalized spacial score (nSPS) is 19.7. The highest BCUT2D eigenvalue weighted by atomic mass is 16.3. The fourth-order valence-electron chi connectivity index (χ4n) is 3.30. The Bertz CT molecular complexity index is 504. The van der Waals surface area contributed by atoms with Crippen LogP contribution in [0, 0.1) is 0 Å². The van der Waals surface area contributed by atoms with Gasteiger partial charge in [0.2, 0.25) is 0 Å². The second-order valence-electron chi connectivity index (χ2n) is 6.19. The lowest BCUT2D eigenvalue weighted by atomic mass is 9.94. The lowest BCUT2D eigenvalue weighted by molar-refractivity contribution is 0.0580. The molecule has 3 rings (SSSR count). The lowest BCUT2D eigenvalue weighted by Gasteiger charge is -2.33. The summed E-state index contributed by atoms with van der Waals surface area (Å²) in [4.78, 5) is 14.5. The number of nitrogens with one attached hydrogen (secondary N) is 1. The van der Waals surface area contributed by atoms with Crippen molar-refractivity contribution in [1.29, 1.82) is 0 Å². The summed E-state index contributed by atoms with van der Waals surface area (Å²) in [5, 5.41) is 16.4. The fraction of sp³-hybridized carbons (Fsp3) is 0.733. The first-order valence-corrected chi connectivity index (χ1v) is 7.98. The smallest absolute Gasteiger partial charge is 0.276 e. The Morgan fingerprint density at radius 2 is 2.00 bits per heavy atom. The van der Waals surface area contributed by atoms with Crippen molar-refractivity contribution in [2.45, 2.75) is 56.9 Å². The predicted molar refractivity (Wildman–Crippen MR) is 80.0 cm³/mol. The van der Waals surface area contributed by atoms with Crippen LogP contribution in [0.3, 0.4) is 0 Å². The highest BCUT2D eigenvalue weighted by Gasteiger charge is 2.33. The molecule has 116 valence electrons. The molecular weight excluding hydrogens is 268 g/mol. The van der Waals surface area contributed by atoms with E-state index < -0.39 is 0 Å². The number of rotatable bonds is 5. The van der Waals surface area contributed by atoms with Crippen LogP contribution in [0.1, 0.15) is 67.0 Å². The van der Waals surface area contributed by atoms with Crippen LogP contribution in [0.25, 0.3) is 0 Å². The molecule has 0 atom stereocenters. The molecule has 0 unspecified atom stereocenters. The lowest BCUT2D eigenvalue weighted by Crippen LogP contribution is -2.43. The summed E-state index contributed by atoms with van der Waals surface area (Å²) in [6, 6.07) is 0.207. The summed E-state index contributed by atoms with van der Waals surface area (Å²) >= 11 is 0. The van der Waals surface area contributed by atoms with Gasteiger partial charge in [0, 0.05) is 18.5 Å². The molecule has 0 bridgehead atoms. The molecule has 6 nitrogen and oxygen atoms in total. The fourth-order valence-corrected chi connectivity index (χ4v) is 3.30. The van der Waals surface area contributed by atoms with E-state index in [2.05, 4.69) is 10.2 Å². The van der Waals surface area contributed by atoms with Gasteiger partial charge in [-0.3, -0.25) is 9.89 Å². The van der Waals surface area contributed by atoms with E-state index in [4.69, 9.17) is 5.73 Å². The van der Waals surface area contributed by atoms with Crippen LogP contribution < -0.4 is 5.73 Å². The van der Waals surface area contributed by atoms with E-state index in [0.717, 1.165) is 44.2 Å². The zero-order valence-electron chi connectivity index (χ0n) is 12.3. The first-order valence-electron chi connectivity index (χ1n) is 7.98. The molecule has 0 saturated heterocycles. The summed E-state index contributed by atoms with van der Waals surface area (Å²) in [7, 11) is 0. The van der Waals surface area contributed by atoms with Crippen molar-refractivity contribution in [3.63, 3.8) is 0 Å². The van der Waals surface area contributed by atoms with E-state index in [1.165, 1.54) is 6.42 Å². The minimum atomic E-state index is -0.142. The molecule has 2 saturated carbocycles. The molecule has 0 spiro atoms. The Morgan fingerprint density at radius 3 is 2.62 bits per heavy atom. The summed E-state index contributed by atoms with van der Waals surface area (Å²) in [6.45, 7) is 0.330. The molecule has 0 radical (unpaired) electrons. The molecule has 1 heterocycles. The Hall–Kier alpha value is -1.56. The summed E-state index contributed by atoms with van der Waals surface area (Å²) in [6.07, 6.45) is 7.75. The van der Waals surface area contributed by atoms with Crippen molar-refractivity contribution >= 4 is 11.6 Å². The Labute approximate surface area is 124 Å². The zero-order chi connectivity index (χ0) is 14.8. The van der Waals surface area contributed by atoms with Crippen molar-refractivity contribution in [3.05, 3.63) is 11.4 Å². The number of amides is 1. The highest BCUT2D eigenvalue weighted by Crippen LogP contribution is 2.42. The molecule has 1 aromatic rings. The maximum atomic E-state index is 12.8. The van der Waals surface area contributed by atoms with Gasteiger partial charge >= 0.3 is 0 Å². The van der Waals surface area contributed by atoms with Gasteiger partial charge in [0.1, 0.15) is 0 Å². The predicted octanol–water partition coefficient (Wildman–Crippen LogP) is 1.64. The van der Waals surface area contributed by atoms with Crippen molar-refractivity contribution in [3.8, 4) is 0 Å². The molecule has 2 fully saturated rings. The summed E-state index contributed by atoms with van der Waals surface area (Å²) < 4.78 is 0. The number of hydrogen-bond donors (Lipinski definition) is 3. The van der Waals surface area contributed by atoms with Crippen LogP contribution in [0.4, 0.5) is 5.69 Å². The van der Waals surface area contributed by atoms with Crippen molar-refractivity contribution < 1.29 is 9.90 Å². The minimum absolute atomic E-state index is 0.0257. The van der Waals surface area contributed by atoms with Gasteiger partial charge in [0.25, 0.3) is 5.91 Å². The number of aromatic nitrogens is 2. The topological polar surface area (TPSA) is 95.2 Å². The molecular formula is C15H24N4O2. The number of aliphatic hydroxyl groups is 1. The number of aromatic amines is 1. The van der Waals surface area contributed by atoms with Crippen molar-refractivity contribution in [2.24, 2.45) is 0 Å². The number of carbonyl (C=O) groups excluding carboxylic acids is 1. The minimum Gasteiger partial charge on any atom is -0.395 e. The van der Waals surface area contributed by atoms with Crippen molar-refractivity contribution in [2.75, 3.05) is 18.9 Å². The largest absolute Gasteiger partial charge is 0.395 e. The van der Waals surface area contributed by atoms with Crippen LogP contribution in [-0.2, 0) is 0 Å². The maximum Gasteiger partial charge on any atom is 0.276 e. The first-order chi connectivity index (χ1) is 10.2. The van der Waals surface area contributed by atoms with Gasteiger partial charge in [-0.2, -0.15) is 5.10 Å². The van der Waals surface area contributed by atoms with E-state index in [1.807, 2.05) is 0 Å². The third-order valence-electron chi connectivity index (χ3n) is 4.64. The van der Waals surface area contributed by atoms with Gasteiger partial charge in [-0.15, -0.1) is 0 Å².